The van der Waals surface area contributed by atoms with Crippen molar-refractivity contribution < 1.29 is 0 Å². The van der Waals surface area contributed by atoms with Gasteiger partial charge >= 0.3 is 0 Å². The van der Waals surface area contributed by atoms with Gasteiger partial charge in [0.1, 0.15) is 17.7 Å². The summed E-state index contributed by atoms with van der Waals surface area (Å²) in [6.45, 7) is 0.583. The van der Waals surface area contributed by atoms with Crippen molar-refractivity contribution in [2.75, 3.05) is 5.32 Å². The van der Waals surface area contributed by atoms with E-state index < -0.39 is 0 Å². The van der Waals surface area contributed by atoms with Crippen LogP contribution < -0.4 is 5.32 Å². The van der Waals surface area contributed by atoms with Crippen LogP contribution in [0, 0.1) is 22.7 Å². The standard InChI is InChI=1S/C22H19N7S/c23-10-15-9-18-21(27-19(15)11-24)29(13-25-18)12-14-6-7-17-20(8-14)30-22(28-17)26-16-4-2-1-3-5-16/h6-9,13,16H,1-5,12H2,(H,26,28). The minimum Gasteiger partial charge on any atom is -0.359 e. The number of fused-ring (bicyclic) bond motifs is 2. The smallest absolute Gasteiger partial charge is 0.184 e. The Balaban J connectivity index is 1.41. The third-order valence-electron chi connectivity index (χ3n) is 5.56. The van der Waals surface area contributed by atoms with Gasteiger partial charge in [0.15, 0.2) is 16.5 Å². The van der Waals surface area contributed by atoms with E-state index in [2.05, 4.69) is 27.4 Å². The maximum absolute atomic E-state index is 9.26. The van der Waals surface area contributed by atoms with Gasteiger partial charge < -0.3 is 9.88 Å². The van der Waals surface area contributed by atoms with Crippen molar-refractivity contribution in [3.05, 3.63) is 47.4 Å². The van der Waals surface area contributed by atoms with Crippen LogP contribution in [-0.2, 0) is 6.54 Å². The van der Waals surface area contributed by atoms with Gasteiger partial charge in [0.2, 0.25) is 0 Å². The Labute approximate surface area is 177 Å². The average molecular weight is 414 g/mol. The molecule has 5 rings (SSSR count). The summed E-state index contributed by atoms with van der Waals surface area (Å²) in [5, 5.41) is 23.0. The molecule has 3 aromatic heterocycles. The van der Waals surface area contributed by atoms with Gasteiger partial charge in [-0.3, -0.25) is 0 Å². The van der Waals surface area contributed by atoms with Crippen molar-refractivity contribution in [1.82, 2.24) is 19.5 Å². The Morgan fingerprint density at radius 2 is 1.93 bits per heavy atom. The number of nitriles is 2. The van der Waals surface area contributed by atoms with E-state index in [-0.39, 0.29) is 11.3 Å². The Hall–Kier alpha value is -3.49. The molecule has 0 atom stereocenters. The van der Waals surface area contributed by atoms with Gasteiger partial charge in [-0.2, -0.15) is 10.5 Å². The topological polar surface area (TPSA) is 103 Å². The van der Waals surface area contributed by atoms with Crippen LogP contribution in [0.5, 0.6) is 0 Å². The van der Waals surface area contributed by atoms with Crippen LogP contribution in [0.2, 0.25) is 0 Å². The maximum atomic E-state index is 9.26. The number of pyridine rings is 1. The summed E-state index contributed by atoms with van der Waals surface area (Å²) in [4.78, 5) is 13.4. The monoisotopic (exact) mass is 413 g/mol. The number of thiazole rings is 1. The summed E-state index contributed by atoms with van der Waals surface area (Å²) in [7, 11) is 0. The van der Waals surface area contributed by atoms with Crippen molar-refractivity contribution >= 4 is 37.8 Å². The lowest BCUT2D eigenvalue weighted by molar-refractivity contribution is 0.462. The molecule has 30 heavy (non-hydrogen) atoms. The molecule has 1 fully saturated rings. The van der Waals surface area contributed by atoms with Crippen LogP contribution in [-0.4, -0.2) is 25.6 Å². The first-order valence-corrected chi connectivity index (χ1v) is 10.9. The van der Waals surface area contributed by atoms with E-state index in [0.29, 0.717) is 23.8 Å². The van der Waals surface area contributed by atoms with Gasteiger partial charge in [-0.1, -0.05) is 36.7 Å². The summed E-state index contributed by atoms with van der Waals surface area (Å²) >= 11 is 1.69. The van der Waals surface area contributed by atoms with Crippen molar-refractivity contribution in [1.29, 1.82) is 10.5 Å². The molecule has 0 unspecified atom stereocenters. The Morgan fingerprint density at radius 1 is 1.07 bits per heavy atom. The van der Waals surface area contributed by atoms with Crippen molar-refractivity contribution in [3.8, 4) is 12.1 Å². The Kier molecular flexibility index (Phi) is 4.78. The van der Waals surface area contributed by atoms with E-state index in [1.165, 1.54) is 32.1 Å². The number of benzene rings is 1. The molecule has 0 amide bonds. The minimum absolute atomic E-state index is 0.128. The molecule has 0 radical (unpaired) electrons. The van der Waals surface area contributed by atoms with Gasteiger partial charge in [0.25, 0.3) is 0 Å². The molecule has 0 saturated heterocycles. The molecular weight excluding hydrogens is 394 g/mol. The molecule has 3 heterocycles. The molecule has 0 aliphatic heterocycles. The predicted molar refractivity (Wildman–Crippen MR) is 116 cm³/mol. The molecule has 1 aliphatic carbocycles. The van der Waals surface area contributed by atoms with E-state index in [9.17, 15) is 10.5 Å². The molecular formula is C22H19N7S. The average Bonchev–Trinajstić information content (AvgIpc) is 3.36. The Morgan fingerprint density at radius 3 is 2.73 bits per heavy atom. The predicted octanol–water partition coefficient (Wildman–Crippen LogP) is 4.58. The van der Waals surface area contributed by atoms with Crippen LogP contribution in [0.3, 0.4) is 0 Å². The van der Waals surface area contributed by atoms with E-state index in [4.69, 9.17) is 4.98 Å². The highest BCUT2D eigenvalue weighted by molar-refractivity contribution is 7.22. The quantitative estimate of drug-likeness (QED) is 0.525. The van der Waals surface area contributed by atoms with Crippen LogP contribution in [0.25, 0.3) is 21.4 Å². The third-order valence-corrected chi connectivity index (χ3v) is 6.51. The van der Waals surface area contributed by atoms with Gasteiger partial charge in [0, 0.05) is 6.04 Å². The van der Waals surface area contributed by atoms with E-state index in [1.54, 1.807) is 23.7 Å². The van der Waals surface area contributed by atoms with Crippen molar-refractivity contribution in [2.45, 2.75) is 44.7 Å². The zero-order valence-corrected chi connectivity index (χ0v) is 17.1. The highest BCUT2D eigenvalue weighted by Crippen LogP contribution is 2.30. The van der Waals surface area contributed by atoms with Crippen molar-refractivity contribution in [3.63, 3.8) is 0 Å². The first-order valence-electron chi connectivity index (χ1n) is 10.1. The third kappa shape index (κ3) is 3.47. The van der Waals surface area contributed by atoms with E-state index in [1.807, 2.05) is 22.8 Å². The Bertz CT molecular complexity index is 1320. The van der Waals surface area contributed by atoms with Gasteiger partial charge in [0.05, 0.1) is 28.7 Å². The summed E-state index contributed by atoms with van der Waals surface area (Å²) in [5.41, 5.74) is 3.71. The highest BCUT2D eigenvalue weighted by Gasteiger charge is 2.15. The first kappa shape index (κ1) is 18.5. The number of rotatable bonds is 4. The molecule has 0 bridgehead atoms. The summed E-state index contributed by atoms with van der Waals surface area (Å²) in [6.07, 6.45) is 8.08. The molecule has 0 spiro atoms. The SMILES string of the molecule is N#Cc1cc2ncn(Cc3ccc4nc(NC5CCCCC5)sc4c3)c2nc1C#N. The van der Waals surface area contributed by atoms with Crippen LogP contribution in [0.4, 0.5) is 5.13 Å². The second-order valence-corrected chi connectivity index (χ2v) is 8.65. The molecule has 8 heteroatoms. The number of aromatic nitrogens is 4. The van der Waals surface area contributed by atoms with Crippen molar-refractivity contribution in [2.24, 2.45) is 0 Å². The molecule has 1 aliphatic rings. The van der Waals surface area contributed by atoms with Crippen LogP contribution >= 0.6 is 11.3 Å². The van der Waals surface area contributed by atoms with Crippen LogP contribution in [0.1, 0.15) is 48.9 Å². The molecule has 1 aromatic carbocycles. The van der Waals surface area contributed by atoms with Gasteiger partial charge in [-0.05, 0) is 36.6 Å². The largest absolute Gasteiger partial charge is 0.359 e. The fraction of sp³-hybridized carbons (Fsp3) is 0.318. The van der Waals surface area contributed by atoms with Gasteiger partial charge in [-0.25, -0.2) is 15.0 Å². The van der Waals surface area contributed by atoms with E-state index >= 15 is 0 Å². The van der Waals surface area contributed by atoms with E-state index in [0.717, 1.165) is 20.9 Å². The minimum atomic E-state index is 0.128. The fourth-order valence-corrected chi connectivity index (χ4v) is 5.03. The number of hydrogen-bond donors (Lipinski definition) is 1. The molecule has 1 saturated carbocycles. The lowest BCUT2D eigenvalue weighted by atomic mass is 9.96. The summed E-state index contributed by atoms with van der Waals surface area (Å²) in [6, 6.07) is 12.4. The first-order chi connectivity index (χ1) is 14.7. The summed E-state index contributed by atoms with van der Waals surface area (Å²) < 4.78 is 3.05. The number of hydrogen-bond acceptors (Lipinski definition) is 7. The second-order valence-electron chi connectivity index (χ2n) is 7.62. The number of nitrogens with one attached hydrogen (secondary N) is 1. The summed E-state index contributed by atoms with van der Waals surface area (Å²) in [5.74, 6) is 0. The maximum Gasteiger partial charge on any atom is 0.184 e. The zero-order chi connectivity index (χ0) is 20.5. The molecule has 4 aromatic rings. The lowest BCUT2D eigenvalue weighted by Crippen LogP contribution is -2.21. The molecule has 7 nitrogen and oxygen atoms in total. The fourth-order valence-electron chi connectivity index (χ4n) is 4.02. The highest BCUT2D eigenvalue weighted by atomic mass is 32.1. The second kappa shape index (κ2) is 7.74. The molecule has 148 valence electrons. The zero-order valence-electron chi connectivity index (χ0n) is 16.3. The normalized spacial score (nSPS) is 14.6. The number of nitrogens with zero attached hydrogens (tertiary/aromatic N) is 6. The number of anilines is 1. The number of imidazole rings is 1. The molecule has 1 N–H and O–H groups in total. The van der Waals surface area contributed by atoms with Crippen LogP contribution in [0.15, 0.2) is 30.6 Å². The lowest BCUT2D eigenvalue weighted by Gasteiger charge is -2.22. The van der Waals surface area contributed by atoms with Gasteiger partial charge in [-0.15, -0.1) is 0 Å².